The van der Waals surface area contributed by atoms with E-state index in [0.717, 1.165) is 25.5 Å². The van der Waals surface area contributed by atoms with E-state index in [1.807, 2.05) is 0 Å². The molecule has 5 heteroatoms. The number of hydrogen-bond donors (Lipinski definition) is 0. The average molecular weight is 280 g/mol. The predicted octanol–water partition coefficient (Wildman–Crippen LogP) is 4.14. The fourth-order valence-corrected chi connectivity index (χ4v) is 2.90. The third-order valence-electron chi connectivity index (χ3n) is 3.74. The average Bonchev–Trinajstić information content (AvgIpc) is 2.88. The van der Waals surface area contributed by atoms with Crippen molar-refractivity contribution in [3.05, 3.63) is 34.1 Å². The summed E-state index contributed by atoms with van der Waals surface area (Å²) < 4.78 is 13.6. The summed E-state index contributed by atoms with van der Waals surface area (Å²) in [6, 6.07) is 4.25. The molecule has 0 saturated heterocycles. The Kier molecular flexibility index (Phi) is 4.57. The maximum atomic E-state index is 13.6. The highest BCUT2D eigenvalue weighted by Crippen LogP contribution is 2.31. The summed E-state index contributed by atoms with van der Waals surface area (Å²) in [6.45, 7) is 5.01. The third-order valence-corrected chi connectivity index (χ3v) is 3.74. The van der Waals surface area contributed by atoms with Crippen molar-refractivity contribution in [2.75, 3.05) is 11.4 Å². The van der Waals surface area contributed by atoms with E-state index in [9.17, 15) is 14.5 Å². The fraction of sp³-hybridized carbons (Fsp3) is 0.600. The summed E-state index contributed by atoms with van der Waals surface area (Å²) in [7, 11) is 0. The van der Waals surface area contributed by atoms with Crippen LogP contribution in [-0.2, 0) is 0 Å². The van der Waals surface area contributed by atoms with E-state index in [1.54, 1.807) is 0 Å². The zero-order valence-electron chi connectivity index (χ0n) is 12.0. The van der Waals surface area contributed by atoms with Crippen LogP contribution in [0.2, 0.25) is 0 Å². The molecule has 0 N–H and O–H groups in total. The monoisotopic (exact) mass is 280 g/mol. The molecule has 0 amide bonds. The van der Waals surface area contributed by atoms with Crippen LogP contribution >= 0.6 is 0 Å². The summed E-state index contributed by atoms with van der Waals surface area (Å²) in [5.41, 5.74) is 0.462. The molecule has 0 atom stereocenters. The smallest absolute Gasteiger partial charge is 0.274 e. The molecule has 0 aromatic heterocycles. The third kappa shape index (κ3) is 3.46. The molecule has 2 rings (SSSR count). The molecule has 110 valence electrons. The Morgan fingerprint density at radius 3 is 2.55 bits per heavy atom. The van der Waals surface area contributed by atoms with Gasteiger partial charge in [0.1, 0.15) is 5.82 Å². The van der Waals surface area contributed by atoms with Gasteiger partial charge < -0.3 is 4.90 Å². The van der Waals surface area contributed by atoms with Gasteiger partial charge in [-0.15, -0.1) is 0 Å². The van der Waals surface area contributed by atoms with Gasteiger partial charge in [-0.05, 0) is 24.8 Å². The molecule has 1 aromatic rings. The first-order valence-electron chi connectivity index (χ1n) is 7.19. The van der Waals surface area contributed by atoms with E-state index in [4.69, 9.17) is 0 Å². The molecule has 1 aromatic carbocycles. The predicted molar refractivity (Wildman–Crippen MR) is 77.5 cm³/mol. The summed E-state index contributed by atoms with van der Waals surface area (Å²) >= 11 is 0. The van der Waals surface area contributed by atoms with Gasteiger partial charge in [0, 0.05) is 24.3 Å². The van der Waals surface area contributed by atoms with Crippen LogP contribution in [0.5, 0.6) is 0 Å². The minimum absolute atomic E-state index is 0.174. The maximum absolute atomic E-state index is 13.6. The van der Waals surface area contributed by atoms with E-state index < -0.39 is 10.7 Å². The number of benzene rings is 1. The zero-order valence-corrected chi connectivity index (χ0v) is 12.0. The lowest BCUT2D eigenvalue weighted by Crippen LogP contribution is -2.36. The van der Waals surface area contributed by atoms with Crippen LogP contribution < -0.4 is 4.90 Å². The van der Waals surface area contributed by atoms with Gasteiger partial charge in [-0.2, -0.15) is 0 Å². The highest BCUT2D eigenvalue weighted by atomic mass is 19.1. The maximum Gasteiger partial charge on any atom is 0.274 e. The number of nitro groups is 1. The van der Waals surface area contributed by atoms with E-state index in [2.05, 4.69) is 18.7 Å². The number of nitrogens with zero attached hydrogens (tertiary/aromatic N) is 2. The molecule has 0 bridgehead atoms. The second-order valence-corrected chi connectivity index (χ2v) is 5.91. The Morgan fingerprint density at radius 1 is 1.35 bits per heavy atom. The Hall–Kier alpha value is -1.65. The number of hydrogen-bond acceptors (Lipinski definition) is 3. The van der Waals surface area contributed by atoms with E-state index in [-0.39, 0.29) is 5.69 Å². The van der Waals surface area contributed by atoms with Crippen molar-refractivity contribution in [1.29, 1.82) is 0 Å². The van der Waals surface area contributed by atoms with Crippen molar-refractivity contribution in [1.82, 2.24) is 0 Å². The highest BCUT2D eigenvalue weighted by molar-refractivity contribution is 5.54. The van der Waals surface area contributed by atoms with Crippen LogP contribution in [0, 0.1) is 21.8 Å². The largest absolute Gasteiger partial charge is 0.368 e. The van der Waals surface area contributed by atoms with Crippen LogP contribution in [-0.4, -0.2) is 17.5 Å². The second kappa shape index (κ2) is 6.20. The molecule has 4 nitrogen and oxygen atoms in total. The SMILES string of the molecule is CC(C)CN(c1cc(F)cc([N+](=O)[O-])c1)C1CCCC1. The van der Waals surface area contributed by atoms with E-state index in [1.165, 1.54) is 25.0 Å². The van der Waals surface area contributed by atoms with Crippen molar-refractivity contribution >= 4 is 11.4 Å². The van der Waals surface area contributed by atoms with Gasteiger partial charge in [-0.25, -0.2) is 4.39 Å². The molecule has 0 radical (unpaired) electrons. The Balaban J connectivity index is 2.34. The van der Waals surface area contributed by atoms with Crippen LogP contribution in [0.1, 0.15) is 39.5 Å². The van der Waals surface area contributed by atoms with Crippen LogP contribution in [0.4, 0.5) is 15.8 Å². The number of nitro benzene ring substituents is 1. The summed E-state index contributed by atoms with van der Waals surface area (Å²) in [5, 5.41) is 10.9. The van der Waals surface area contributed by atoms with Crippen LogP contribution in [0.15, 0.2) is 18.2 Å². The molecule has 20 heavy (non-hydrogen) atoms. The highest BCUT2D eigenvalue weighted by Gasteiger charge is 2.25. The van der Waals surface area contributed by atoms with Crippen molar-refractivity contribution < 1.29 is 9.31 Å². The summed E-state index contributed by atoms with van der Waals surface area (Å²) in [5.74, 6) is -0.112. The quantitative estimate of drug-likeness (QED) is 0.601. The molecule has 0 unspecified atom stereocenters. The Bertz CT molecular complexity index is 485. The molecule has 1 aliphatic carbocycles. The first-order valence-corrected chi connectivity index (χ1v) is 7.19. The Morgan fingerprint density at radius 2 is 2.00 bits per heavy atom. The number of non-ortho nitro benzene ring substituents is 1. The Labute approximate surface area is 118 Å². The minimum Gasteiger partial charge on any atom is -0.368 e. The van der Waals surface area contributed by atoms with Gasteiger partial charge >= 0.3 is 0 Å². The number of halogens is 1. The molecule has 0 spiro atoms. The van der Waals surface area contributed by atoms with Crippen molar-refractivity contribution in [3.63, 3.8) is 0 Å². The van der Waals surface area contributed by atoms with Gasteiger partial charge in [0.2, 0.25) is 0 Å². The topological polar surface area (TPSA) is 46.4 Å². The zero-order chi connectivity index (χ0) is 14.7. The van der Waals surface area contributed by atoms with Gasteiger partial charge in [0.25, 0.3) is 5.69 Å². The van der Waals surface area contributed by atoms with Gasteiger partial charge in [0.05, 0.1) is 11.0 Å². The minimum atomic E-state index is -0.541. The lowest BCUT2D eigenvalue weighted by Gasteiger charge is -2.32. The molecular formula is C15H21FN2O2. The number of rotatable bonds is 5. The molecule has 0 aliphatic heterocycles. The fourth-order valence-electron chi connectivity index (χ4n) is 2.90. The van der Waals surface area contributed by atoms with E-state index >= 15 is 0 Å². The first kappa shape index (κ1) is 14.8. The lowest BCUT2D eigenvalue weighted by molar-refractivity contribution is -0.385. The number of anilines is 1. The van der Waals surface area contributed by atoms with Crippen molar-refractivity contribution in [2.45, 2.75) is 45.6 Å². The van der Waals surface area contributed by atoms with Crippen molar-refractivity contribution in [3.8, 4) is 0 Å². The standard InChI is InChI=1S/C15H21FN2O2/c1-11(2)10-17(13-5-3-4-6-13)14-7-12(16)8-15(9-14)18(19)20/h7-9,11,13H,3-6,10H2,1-2H3. The molecule has 1 aliphatic rings. The molecule has 1 fully saturated rings. The second-order valence-electron chi connectivity index (χ2n) is 5.91. The van der Waals surface area contributed by atoms with Crippen LogP contribution in [0.3, 0.4) is 0 Å². The molecule has 0 heterocycles. The van der Waals surface area contributed by atoms with Gasteiger partial charge in [0.15, 0.2) is 0 Å². The van der Waals surface area contributed by atoms with E-state index in [0.29, 0.717) is 17.6 Å². The van der Waals surface area contributed by atoms with Gasteiger partial charge in [-0.1, -0.05) is 26.7 Å². The summed E-state index contributed by atoms with van der Waals surface area (Å²) in [6.07, 6.45) is 4.52. The van der Waals surface area contributed by atoms with Crippen LogP contribution in [0.25, 0.3) is 0 Å². The molecular weight excluding hydrogens is 259 g/mol. The van der Waals surface area contributed by atoms with Crippen molar-refractivity contribution in [2.24, 2.45) is 5.92 Å². The first-order chi connectivity index (χ1) is 9.47. The van der Waals surface area contributed by atoms with Gasteiger partial charge in [-0.3, -0.25) is 10.1 Å². The lowest BCUT2D eigenvalue weighted by atomic mass is 10.1. The molecule has 1 saturated carbocycles. The normalized spacial score (nSPS) is 15.8. The summed E-state index contributed by atoms with van der Waals surface area (Å²) in [4.78, 5) is 12.5.